The zero-order chi connectivity index (χ0) is 16.2. The van der Waals surface area contributed by atoms with Gasteiger partial charge < -0.3 is 4.57 Å². The summed E-state index contributed by atoms with van der Waals surface area (Å²) in [5.74, 6) is 2.27. The highest BCUT2D eigenvalue weighted by Crippen LogP contribution is 2.06. The van der Waals surface area contributed by atoms with Crippen LogP contribution in [0.5, 0.6) is 0 Å². The molecule has 0 aliphatic heterocycles. The third-order valence-electron chi connectivity index (χ3n) is 3.65. The lowest BCUT2D eigenvalue weighted by molar-refractivity contribution is 0.844. The molecule has 1 aromatic carbocycles. The zero-order valence-electron chi connectivity index (χ0n) is 12.6. The van der Waals surface area contributed by atoms with Crippen LogP contribution in [0, 0.1) is 27.4 Å². The summed E-state index contributed by atoms with van der Waals surface area (Å²) in [7, 11) is 1.78. The fourth-order valence-corrected chi connectivity index (χ4v) is 2.41. The molecule has 4 heteroatoms. The highest BCUT2D eigenvalue weighted by Gasteiger charge is 2.03. The van der Waals surface area contributed by atoms with Crippen molar-refractivity contribution in [1.82, 2.24) is 9.55 Å². The molecule has 1 aliphatic rings. The van der Waals surface area contributed by atoms with E-state index in [9.17, 15) is 0 Å². The van der Waals surface area contributed by atoms with Crippen molar-refractivity contribution in [2.75, 3.05) is 0 Å². The molecule has 1 heterocycles. The minimum absolute atomic E-state index is 0.220. The summed E-state index contributed by atoms with van der Waals surface area (Å²) in [5.41, 5.74) is 2.04. The molecule has 2 aromatic rings. The third-order valence-corrected chi connectivity index (χ3v) is 3.65. The first kappa shape index (κ1) is 14.5. The van der Waals surface area contributed by atoms with Crippen LogP contribution in [0.2, 0.25) is 0 Å². The number of nitrogens with zero attached hydrogens (tertiary/aromatic N) is 3. The van der Waals surface area contributed by atoms with Gasteiger partial charge in [0, 0.05) is 18.1 Å². The number of allylic oxidation sites excluding steroid dienone is 6. The largest absolute Gasteiger partial charge is 0.319 e. The van der Waals surface area contributed by atoms with Crippen molar-refractivity contribution in [2.24, 2.45) is 7.05 Å². The average Bonchev–Trinajstić information content (AvgIpc) is 3.20. The molecule has 0 saturated carbocycles. The van der Waals surface area contributed by atoms with Crippen LogP contribution in [-0.4, -0.2) is 15.4 Å². The fourth-order valence-electron chi connectivity index (χ4n) is 2.41. The first-order valence-corrected chi connectivity index (χ1v) is 7.12. The maximum Gasteiger partial charge on any atom is 0.176 e. The van der Waals surface area contributed by atoms with Crippen LogP contribution < -0.4 is 10.6 Å². The number of nitrogens with one attached hydrogen (secondary N) is 1. The molecule has 1 aromatic heterocycles. The van der Waals surface area contributed by atoms with Crippen LogP contribution >= 0.6 is 0 Å². The lowest BCUT2D eigenvalue weighted by Crippen LogP contribution is -2.16. The van der Waals surface area contributed by atoms with E-state index < -0.39 is 0 Å². The van der Waals surface area contributed by atoms with Gasteiger partial charge in [0.1, 0.15) is 16.9 Å². The summed E-state index contributed by atoms with van der Waals surface area (Å²) < 4.78 is 1.71. The maximum atomic E-state index is 9.08. The minimum atomic E-state index is 0.220. The zero-order valence-corrected chi connectivity index (χ0v) is 12.6. The van der Waals surface area contributed by atoms with E-state index >= 15 is 0 Å². The topological polar surface area (TPSA) is 65.5 Å². The second-order valence-electron chi connectivity index (χ2n) is 5.10. The van der Waals surface area contributed by atoms with E-state index in [4.69, 9.17) is 10.7 Å². The summed E-state index contributed by atoms with van der Waals surface area (Å²) in [5, 5.41) is 18.7. The Morgan fingerprint density at radius 1 is 1.13 bits per heavy atom. The molecular formula is C19H14N4. The molecule has 0 radical (unpaired) electrons. The standard InChI is InChI=1S/C19H14N4/c1-23-18(13-21)17(12-20)22-19(23)16-10-8-15(9-11-16)7-6-14-4-2-3-5-14/h2-11,21H,1H3. The van der Waals surface area contributed by atoms with Crippen LogP contribution in [0.4, 0.5) is 0 Å². The molecule has 0 bridgehead atoms. The normalized spacial score (nSPS) is 12.1. The van der Waals surface area contributed by atoms with Crippen LogP contribution in [0.3, 0.4) is 0 Å². The van der Waals surface area contributed by atoms with Gasteiger partial charge in [-0.15, -0.1) is 0 Å². The summed E-state index contributed by atoms with van der Waals surface area (Å²) in [4.78, 5) is 4.29. The van der Waals surface area contributed by atoms with Crippen molar-refractivity contribution in [1.29, 1.82) is 10.7 Å². The lowest BCUT2D eigenvalue weighted by Gasteiger charge is -1.91. The van der Waals surface area contributed by atoms with Gasteiger partial charge in [-0.2, -0.15) is 5.26 Å². The predicted octanol–water partition coefficient (Wildman–Crippen LogP) is 1.33. The Kier molecular flexibility index (Phi) is 3.88. The van der Waals surface area contributed by atoms with Crippen molar-refractivity contribution in [2.45, 2.75) is 0 Å². The van der Waals surface area contributed by atoms with E-state index in [-0.39, 0.29) is 5.69 Å². The van der Waals surface area contributed by atoms with Gasteiger partial charge in [0.15, 0.2) is 5.69 Å². The molecule has 0 saturated heterocycles. The SMILES string of the molecule is Cn1c(=c2ccc(=CC=C3C=CC=C3)cc2)nc(C#N)c1=C=N. The second-order valence-corrected chi connectivity index (χ2v) is 5.10. The average molecular weight is 298 g/mol. The quantitative estimate of drug-likeness (QED) is 0.807. The summed E-state index contributed by atoms with van der Waals surface area (Å²) in [6.07, 6.45) is 12.2. The number of hydrogen-bond acceptors (Lipinski definition) is 3. The molecule has 0 fully saturated rings. The fraction of sp³-hybridized carbons (Fsp3) is 0.0526. The summed E-state index contributed by atoms with van der Waals surface area (Å²) in [6.45, 7) is 0. The van der Waals surface area contributed by atoms with E-state index in [1.807, 2.05) is 42.5 Å². The van der Waals surface area contributed by atoms with Gasteiger partial charge in [-0.1, -0.05) is 60.7 Å². The number of rotatable bonds is 1. The van der Waals surface area contributed by atoms with Crippen LogP contribution in [-0.2, 0) is 7.05 Å². The van der Waals surface area contributed by atoms with Crippen LogP contribution in [0.15, 0.2) is 60.2 Å². The van der Waals surface area contributed by atoms with E-state index in [0.29, 0.717) is 10.8 Å². The van der Waals surface area contributed by atoms with E-state index in [1.165, 1.54) is 5.57 Å². The van der Waals surface area contributed by atoms with Crippen molar-refractivity contribution in [3.63, 3.8) is 0 Å². The summed E-state index contributed by atoms with van der Waals surface area (Å²) in [6, 6.07) is 9.93. The van der Waals surface area contributed by atoms with Crippen molar-refractivity contribution in [3.8, 4) is 6.07 Å². The highest BCUT2D eigenvalue weighted by molar-refractivity contribution is 5.50. The second kappa shape index (κ2) is 6.15. The smallest absolute Gasteiger partial charge is 0.176 e. The number of aromatic nitrogens is 2. The third kappa shape index (κ3) is 2.82. The van der Waals surface area contributed by atoms with Gasteiger partial charge in [-0.25, -0.2) is 4.98 Å². The van der Waals surface area contributed by atoms with Gasteiger partial charge in [0.25, 0.3) is 0 Å². The van der Waals surface area contributed by atoms with Crippen LogP contribution in [0.25, 0.3) is 6.08 Å². The monoisotopic (exact) mass is 298 g/mol. The van der Waals surface area contributed by atoms with Gasteiger partial charge >= 0.3 is 0 Å². The Labute approximate surface area is 133 Å². The molecule has 0 unspecified atom stereocenters. The highest BCUT2D eigenvalue weighted by atomic mass is 15.0. The van der Waals surface area contributed by atoms with Gasteiger partial charge in [-0.3, -0.25) is 5.41 Å². The van der Waals surface area contributed by atoms with E-state index in [2.05, 4.69) is 35.2 Å². The van der Waals surface area contributed by atoms with E-state index in [0.717, 1.165) is 10.4 Å². The molecule has 1 N–H and O–H groups in total. The molecular weight excluding hydrogens is 284 g/mol. The molecule has 0 amide bonds. The lowest BCUT2D eigenvalue weighted by atomic mass is 10.2. The Morgan fingerprint density at radius 3 is 2.39 bits per heavy atom. The molecule has 1 aliphatic carbocycles. The Morgan fingerprint density at radius 2 is 1.83 bits per heavy atom. The number of hydrogen-bond donors (Lipinski definition) is 1. The number of nitriles is 1. The Hall–Kier alpha value is -3.41. The van der Waals surface area contributed by atoms with Gasteiger partial charge in [0.05, 0.1) is 0 Å². The molecule has 4 nitrogen and oxygen atoms in total. The molecule has 110 valence electrons. The van der Waals surface area contributed by atoms with E-state index in [1.54, 1.807) is 11.6 Å². The first-order chi connectivity index (χ1) is 11.2. The Balaban J connectivity index is 2.15. The van der Waals surface area contributed by atoms with Crippen molar-refractivity contribution in [3.05, 3.63) is 87.2 Å². The minimum Gasteiger partial charge on any atom is -0.319 e. The molecule has 3 rings (SSSR count). The molecule has 23 heavy (non-hydrogen) atoms. The van der Waals surface area contributed by atoms with Crippen LogP contribution in [0.1, 0.15) is 5.69 Å². The van der Waals surface area contributed by atoms with Crippen molar-refractivity contribution < 1.29 is 0 Å². The maximum absolute atomic E-state index is 9.08. The van der Waals surface area contributed by atoms with Gasteiger partial charge in [-0.05, 0) is 10.8 Å². The number of benzene rings is 1. The Bertz CT molecular complexity index is 1090. The van der Waals surface area contributed by atoms with Gasteiger partial charge in [0.2, 0.25) is 0 Å². The van der Waals surface area contributed by atoms with Crippen molar-refractivity contribution >= 4 is 11.9 Å². The molecule has 0 atom stereocenters. The molecule has 0 spiro atoms. The summed E-state index contributed by atoms with van der Waals surface area (Å²) >= 11 is 0. The first-order valence-electron chi connectivity index (χ1n) is 7.12. The predicted molar refractivity (Wildman–Crippen MR) is 88.9 cm³/mol. The number of imidazole rings is 1.